The molecule has 186 valence electrons. The first-order valence-electron chi connectivity index (χ1n) is 11.7. The molecule has 3 aromatic carbocycles. The zero-order valence-electron chi connectivity index (χ0n) is 18.9. The molecule has 5 nitrogen and oxygen atoms in total. The summed E-state index contributed by atoms with van der Waals surface area (Å²) in [7, 11) is 0. The number of piperidine rings is 1. The van der Waals surface area contributed by atoms with Crippen LogP contribution < -0.4 is 9.47 Å². The smallest absolute Gasteiger partial charge is 0.307 e. The van der Waals surface area contributed by atoms with Crippen LogP contribution in [0.1, 0.15) is 47.2 Å². The Labute approximate surface area is 216 Å². The van der Waals surface area contributed by atoms with Crippen molar-refractivity contribution in [1.82, 2.24) is 4.90 Å². The van der Waals surface area contributed by atoms with Gasteiger partial charge in [-0.1, -0.05) is 23.2 Å². The van der Waals surface area contributed by atoms with Crippen LogP contribution >= 0.6 is 23.2 Å². The molecule has 36 heavy (non-hydrogen) atoms. The first-order valence-corrected chi connectivity index (χ1v) is 12.4. The van der Waals surface area contributed by atoms with Gasteiger partial charge in [-0.05, 0) is 74.2 Å². The summed E-state index contributed by atoms with van der Waals surface area (Å²) >= 11 is 12.6. The molecule has 3 aromatic rings. The Morgan fingerprint density at radius 1 is 0.944 bits per heavy atom. The molecule has 0 radical (unpaired) electrons. The molecule has 0 aliphatic carbocycles. The second kappa shape index (κ2) is 8.61. The lowest BCUT2D eigenvalue weighted by molar-refractivity contribution is -0.0459. The quantitative estimate of drug-likeness (QED) is 0.445. The lowest BCUT2D eigenvalue weighted by Gasteiger charge is -2.37. The Balaban J connectivity index is 1.41. The van der Waals surface area contributed by atoms with Gasteiger partial charge in [0.1, 0.15) is 11.6 Å². The van der Waals surface area contributed by atoms with E-state index in [2.05, 4.69) is 0 Å². The molecule has 6 rings (SSSR count). The molecule has 9 heteroatoms. The molecular weight excluding hydrogens is 511 g/mol. The van der Waals surface area contributed by atoms with Crippen molar-refractivity contribution in [2.24, 2.45) is 0 Å². The number of carbonyl (C=O) groups is 1. The highest BCUT2D eigenvalue weighted by Gasteiger charge is 2.48. The summed E-state index contributed by atoms with van der Waals surface area (Å²) in [4.78, 5) is 15.1. The molecule has 2 bridgehead atoms. The fraction of sp³-hybridized carbons (Fsp3) is 0.296. The van der Waals surface area contributed by atoms with E-state index in [0.29, 0.717) is 29.0 Å². The van der Waals surface area contributed by atoms with Gasteiger partial charge >= 0.3 is 5.79 Å². The minimum absolute atomic E-state index is 0.0800. The zero-order valence-corrected chi connectivity index (χ0v) is 20.4. The summed E-state index contributed by atoms with van der Waals surface area (Å²) in [6.07, 6.45) is 2.08. The predicted octanol–water partition coefficient (Wildman–Crippen LogP) is 6.07. The highest BCUT2D eigenvalue weighted by atomic mass is 35.5. The van der Waals surface area contributed by atoms with E-state index in [1.165, 1.54) is 36.4 Å². The number of benzene rings is 3. The number of hydrogen-bond acceptors (Lipinski definition) is 4. The van der Waals surface area contributed by atoms with Crippen molar-refractivity contribution in [2.45, 2.75) is 49.7 Å². The zero-order chi connectivity index (χ0) is 25.2. The molecule has 3 aliphatic rings. The summed E-state index contributed by atoms with van der Waals surface area (Å²) in [6, 6.07) is 12.5. The lowest BCUT2D eigenvalue weighted by Crippen LogP contribution is -2.48. The van der Waals surface area contributed by atoms with Crippen molar-refractivity contribution in [1.29, 1.82) is 0 Å². The van der Waals surface area contributed by atoms with Crippen LogP contribution in [0.15, 0.2) is 54.6 Å². The van der Waals surface area contributed by atoms with Crippen molar-refractivity contribution in [3.05, 3.63) is 93.0 Å². The number of halogens is 4. The van der Waals surface area contributed by atoms with Crippen LogP contribution in [0.4, 0.5) is 8.78 Å². The topological polar surface area (TPSA) is 59.0 Å². The van der Waals surface area contributed by atoms with Crippen LogP contribution in [0.25, 0.3) is 0 Å². The van der Waals surface area contributed by atoms with Crippen LogP contribution in [0, 0.1) is 11.6 Å². The van der Waals surface area contributed by atoms with Crippen molar-refractivity contribution >= 4 is 29.1 Å². The molecule has 0 aromatic heterocycles. The molecule has 4 atom stereocenters. The van der Waals surface area contributed by atoms with E-state index in [-0.39, 0.29) is 34.2 Å². The fourth-order valence-electron chi connectivity index (χ4n) is 5.62. The monoisotopic (exact) mass is 531 g/mol. The van der Waals surface area contributed by atoms with E-state index >= 15 is 4.39 Å². The minimum Gasteiger partial charge on any atom is -0.440 e. The van der Waals surface area contributed by atoms with Crippen molar-refractivity contribution in [2.75, 3.05) is 0 Å². The normalized spacial score (nSPS) is 26.4. The van der Waals surface area contributed by atoms with Crippen molar-refractivity contribution < 1.29 is 28.2 Å². The number of amides is 1. The molecule has 1 amide bonds. The van der Waals surface area contributed by atoms with E-state index < -0.39 is 29.4 Å². The maximum absolute atomic E-state index is 15.3. The average Bonchev–Trinajstić information content (AvgIpc) is 3.33. The number of aliphatic hydroxyl groups excluding tert-OH is 1. The van der Waals surface area contributed by atoms with E-state index in [1.807, 2.05) is 0 Å². The third-order valence-electron chi connectivity index (χ3n) is 7.22. The first kappa shape index (κ1) is 23.5. The van der Waals surface area contributed by atoms with Gasteiger partial charge in [0.25, 0.3) is 5.91 Å². The van der Waals surface area contributed by atoms with Gasteiger partial charge in [0.05, 0.1) is 22.3 Å². The minimum atomic E-state index is -1.65. The molecular formula is C27H21Cl2F2NO4. The number of rotatable bonds is 3. The molecule has 0 spiro atoms. The van der Waals surface area contributed by atoms with Gasteiger partial charge in [-0.25, -0.2) is 8.78 Å². The highest BCUT2D eigenvalue weighted by molar-refractivity contribution is 6.35. The molecule has 1 unspecified atom stereocenters. The van der Waals surface area contributed by atoms with Gasteiger partial charge in [-0.15, -0.1) is 0 Å². The Kier molecular flexibility index (Phi) is 5.63. The Morgan fingerprint density at radius 2 is 1.58 bits per heavy atom. The van der Waals surface area contributed by atoms with Gasteiger partial charge in [-0.3, -0.25) is 4.79 Å². The van der Waals surface area contributed by atoms with Crippen LogP contribution in [0.5, 0.6) is 11.5 Å². The summed E-state index contributed by atoms with van der Waals surface area (Å²) in [5.74, 6) is -3.06. The van der Waals surface area contributed by atoms with E-state index in [9.17, 15) is 14.3 Å². The number of carbonyl (C=O) groups excluding carboxylic acids is 1. The van der Waals surface area contributed by atoms with Crippen molar-refractivity contribution in [3.8, 4) is 11.5 Å². The number of nitrogens with zero attached hydrogens (tertiary/aromatic N) is 1. The molecule has 1 N–H and O–H groups in total. The van der Waals surface area contributed by atoms with Gasteiger partial charge in [0, 0.05) is 28.7 Å². The largest absolute Gasteiger partial charge is 0.440 e. The van der Waals surface area contributed by atoms with Crippen molar-refractivity contribution in [3.63, 3.8) is 0 Å². The number of fused-ring (bicyclic) bond motifs is 3. The van der Waals surface area contributed by atoms with Crippen LogP contribution in [-0.4, -0.2) is 34.1 Å². The number of ether oxygens (including phenoxy) is 2. The molecule has 2 saturated heterocycles. The third kappa shape index (κ3) is 3.72. The summed E-state index contributed by atoms with van der Waals surface area (Å²) < 4.78 is 41.5. The molecule has 2 fully saturated rings. The second-order valence-electron chi connectivity index (χ2n) is 9.45. The second-order valence-corrected chi connectivity index (χ2v) is 10.3. The Hall–Kier alpha value is -2.87. The Bertz CT molecular complexity index is 1350. The SMILES string of the molecule is O=C(c1cc2c(cc1F)OC(c1ccc(F)cc1)(c1ccc(Cl)cc1Cl)O2)N1[C@@H]2CC[C@H]1C[C@@H](O)C2. The van der Waals surface area contributed by atoms with E-state index in [0.717, 1.165) is 18.9 Å². The maximum atomic E-state index is 15.3. The first-order chi connectivity index (χ1) is 17.2. The van der Waals surface area contributed by atoms with Gasteiger partial charge < -0.3 is 19.5 Å². The van der Waals surface area contributed by atoms with Gasteiger partial charge in [-0.2, -0.15) is 0 Å². The number of hydrogen-bond donors (Lipinski definition) is 1. The average molecular weight is 532 g/mol. The predicted molar refractivity (Wildman–Crippen MR) is 130 cm³/mol. The number of aliphatic hydroxyl groups is 1. The lowest BCUT2D eigenvalue weighted by atomic mass is 9.97. The molecule has 3 heterocycles. The summed E-state index contributed by atoms with van der Waals surface area (Å²) in [5.41, 5.74) is 0.663. The van der Waals surface area contributed by atoms with Gasteiger partial charge in [0.15, 0.2) is 11.5 Å². The van der Waals surface area contributed by atoms with Crippen LogP contribution in [0.2, 0.25) is 10.0 Å². The van der Waals surface area contributed by atoms with Crippen LogP contribution in [0.3, 0.4) is 0 Å². The standard InChI is InChI=1S/C27H21Cl2F2NO4/c28-15-3-8-21(22(29)9-15)27(14-1-4-16(30)5-2-14)35-24-12-20(23(31)13-25(24)36-27)26(34)32-17-6-7-18(32)11-19(33)10-17/h1-5,8-9,12-13,17-19,33H,6-7,10-11H2/t17-,18+,19+,27?. The molecule has 3 aliphatic heterocycles. The fourth-order valence-corrected chi connectivity index (χ4v) is 6.15. The summed E-state index contributed by atoms with van der Waals surface area (Å²) in [5, 5.41) is 10.7. The van der Waals surface area contributed by atoms with E-state index in [1.54, 1.807) is 17.0 Å². The van der Waals surface area contributed by atoms with Gasteiger partial charge in [0.2, 0.25) is 0 Å². The molecule has 0 saturated carbocycles. The summed E-state index contributed by atoms with van der Waals surface area (Å²) in [6.45, 7) is 0. The van der Waals surface area contributed by atoms with Crippen LogP contribution in [-0.2, 0) is 5.79 Å². The Morgan fingerprint density at radius 3 is 2.22 bits per heavy atom. The maximum Gasteiger partial charge on any atom is 0.307 e. The highest BCUT2D eigenvalue weighted by Crippen LogP contribution is 2.50. The van der Waals surface area contributed by atoms with E-state index in [4.69, 9.17) is 32.7 Å². The third-order valence-corrected chi connectivity index (χ3v) is 7.77.